The molecule has 0 radical (unpaired) electrons. The first-order valence-electron chi connectivity index (χ1n) is 7.11. The maximum Gasteiger partial charge on any atom is 0.326 e. The van der Waals surface area contributed by atoms with Crippen LogP contribution in [0.15, 0.2) is 6.07 Å². The van der Waals surface area contributed by atoms with Crippen LogP contribution in [-0.2, 0) is 9.53 Å². The van der Waals surface area contributed by atoms with Crippen LogP contribution in [0.1, 0.15) is 54.7 Å². The lowest BCUT2D eigenvalue weighted by Gasteiger charge is -2.27. The van der Waals surface area contributed by atoms with Crippen molar-refractivity contribution in [1.29, 1.82) is 0 Å². The molecule has 0 bridgehead atoms. The molecular formula is C16H25NO3S. The predicted molar refractivity (Wildman–Crippen MR) is 85.8 cm³/mol. The topological polar surface area (TPSA) is 46.6 Å². The van der Waals surface area contributed by atoms with E-state index in [1.807, 2.05) is 54.5 Å². The van der Waals surface area contributed by atoms with E-state index < -0.39 is 5.60 Å². The van der Waals surface area contributed by atoms with Crippen LogP contribution in [0.25, 0.3) is 0 Å². The van der Waals surface area contributed by atoms with Crippen molar-refractivity contribution in [2.45, 2.75) is 60.1 Å². The lowest BCUT2D eigenvalue weighted by molar-refractivity contribution is -0.155. The summed E-state index contributed by atoms with van der Waals surface area (Å²) >= 11 is 1.47. The van der Waals surface area contributed by atoms with Gasteiger partial charge in [-0.15, -0.1) is 11.3 Å². The number of nitrogens with zero attached hydrogens (tertiary/aromatic N) is 1. The number of esters is 1. The van der Waals surface area contributed by atoms with Crippen molar-refractivity contribution >= 4 is 23.2 Å². The Morgan fingerprint density at radius 3 is 2.24 bits per heavy atom. The summed E-state index contributed by atoms with van der Waals surface area (Å²) in [4.78, 5) is 27.9. The van der Waals surface area contributed by atoms with Crippen LogP contribution in [0, 0.1) is 13.8 Å². The lowest BCUT2D eigenvalue weighted by atomic mass is 10.2. The van der Waals surface area contributed by atoms with E-state index in [2.05, 4.69) is 0 Å². The smallest absolute Gasteiger partial charge is 0.326 e. The standard InChI is InChI=1S/C16H25NO3S/c1-10(2)17(9-14(18)20-16(5,6)7)15(19)13-8-11(3)12(4)21-13/h8,10H,9H2,1-7H3. The highest BCUT2D eigenvalue weighted by molar-refractivity contribution is 7.14. The highest BCUT2D eigenvalue weighted by atomic mass is 32.1. The van der Waals surface area contributed by atoms with Gasteiger partial charge in [-0.3, -0.25) is 9.59 Å². The van der Waals surface area contributed by atoms with Crippen LogP contribution in [0.2, 0.25) is 0 Å². The molecule has 0 aliphatic heterocycles. The van der Waals surface area contributed by atoms with Crippen molar-refractivity contribution in [2.24, 2.45) is 0 Å². The number of carbonyl (C=O) groups is 2. The number of hydrogen-bond donors (Lipinski definition) is 0. The molecule has 0 unspecified atom stereocenters. The van der Waals surface area contributed by atoms with Crippen LogP contribution in [0.5, 0.6) is 0 Å². The van der Waals surface area contributed by atoms with Gasteiger partial charge in [-0.2, -0.15) is 0 Å². The molecule has 0 N–H and O–H groups in total. The molecule has 5 heteroatoms. The fourth-order valence-corrected chi connectivity index (χ4v) is 2.81. The fourth-order valence-electron chi connectivity index (χ4n) is 1.82. The first-order chi connectivity index (χ1) is 9.51. The second kappa shape index (κ2) is 6.60. The molecule has 4 nitrogen and oxygen atoms in total. The molecule has 0 aliphatic rings. The molecular weight excluding hydrogens is 286 g/mol. The minimum Gasteiger partial charge on any atom is -0.459 e. The summed E-state index contributed by atoms with van der Waals surface area (Å²) in [5, 5.41) is 0. The number of ether oxygens (including phenoxy) is 1. The van der Waals surface area contributed by atoms with E-state index in [-0.39, 0.29) is 24.5 Å². The number of carbonyl (C=O) groups excluding carboxylic acids is 2. The van der Waals surface area contributed by atoms with Gasteiger partial charge in [-0.05, 0) is 60.1 Å². The lowest BCUT2D eigenvalue weighted by Crippen LogP contribution is -2.42. The zero-order valence-electron chi connectivity index (χ0n) is 13.9. The van der Waals surface area contributed by atoms with E-state index in [1.165, 1.54) is 11.3 Å². The van der Waals surface area contributed by atoms with Gasteiger partial charge in [-0.25, -0.2) is 0 Å². The summed E-state index contributed by atoms with van der Waals surface area (Å²) in [7, 11) is 0. The normalized spacial score (nSPS) is 11.6. The molecule has 1 aromatic rings. The molecule has 0 aromatic carbocycles. The molecule has 1 rings (SSSR count). The zero-order chi connectivity index (χ0) is 16.4. The molecule has 0 aliphatic carbocycles. The maximum atomic E-state index is 12.6. The molecule has 0 saturated heterocycles. The number of aryl methyl sites for hydroxylation is 2. The van der Waals surface area contributed by atoms with Gasteiger partial charge in [0.15, 0.2) is 0 Å². The molecule has 1 amide bonds. The molecule has 0 atom stereocenters. The summed E-state index contributed by atoms with van der Waals surface area (Å²) in [5.74, 6) is -0.494. The third-order valence-electron chi connectivity index (χ3n) is 2.98. The Morgan fingerprint density at radius 1 is 1.29 bits per heavy atom. The van der Waals surface area contributed by atoms with E-state index in [0.29, 0.717) is 4.88 Å². The summed E-state index contributed by atoms with van der Waals surface area (Å²) in [6.07, 6.45) is 0. The minimum absolute atomic E-state index is 0.0240. The van der Waals surface area contributed by atoms with Gasteiger partial charge >= 0.3 is 5.97 Å². The summed E-state index contributed by atoms with van der Waals surface area (Å²) in [5.41, 5.74) is 0.558. The molecule has 118 valence electrons. The van der Waals surface area contributed by atoms with E-state index in [9.17, 15) is 9.59 Å². The van der Waals surface area contributed by atoms with Gasteiger partial charge < -0.3 is 9.64 Å². The van der Waals surface area contributed by atoms with Crippen molar-refractivity contribution < 1.29 is 14.3 Å². The van der Waals surface area contributed by atoms with Crippen LogP contribution in [-0.4, -0.2) is 35.0 Å². The van der Waals surface area contributed by atoms with Crippen molar-refractivity contribution in [3.63, 3.8) is 0 Å². The van der Waals surface area contributed by atoms with Crippen LogP contribution in [0.4, 0.5) is 0 Å². The largest absolute Gasteiger partial charge is 0.459 e. The quantitative estimate of drug-likeness (QED) is 0.799. The first-order valence-corrected chi connectivity index (χ1v) is 7.92. The van der Waals surface area contributed by atoms with E-state index in [0.717, 1.165) is 10.4 Å². The summed E-state index contributed by atoms with van der Waals surface area (Å²) in [6, 6.07) is 1.82. The van der Waals surface area contributed by atoms with Crippen LogP contribution >= 0.6 is 11.3 Å². The van der Waals surface area contributed by atoms with Gasteiger partial charge in [0.05, 0.1) is 4.88 Å². The van der Waals surface area contributed by atoms with Crippen molar-refractivity contribution in [1.82, 2.24) is 4.90 Å². The molecule has 0 saturated carbocycles. The Morgan fingerprint density at radius 2 is 1.86 bits per heavy atom. The molecule has 0 spiro atoms. The van der Waals surface area contributed by atoms with E-state index in [1.54, 1.807) is 4.90 Å². The SMILES string of the molecule is Cc1cc(C(=O)N(CC(=O)OC(C)(C)C)C(C)C)sc1C. The van der Waals surface area contributed by atoms with Gasteiger partial charge in [0.25, 0.3) is 5.91 Å². The van der Waals surface area contributed by atoms with Crippen molar-refractivity contribution in [3.05, 3.63) is 21.4 Å². The number of rotatable bonds is 4. The van der Waals surface area contributed by atoms with Crippen molar-refractivity contribution in [3.8, 4) is 0 Å². The van der Waals surface area contributed by atoms with Gasteiger partial charge in [0.2, 0.25) is 0 Å². The zero-order valence-corrected chi connectivity index (χ0v) is 14.8. The van der Waals surface area contributed by atoms with E-state index >= 15 is 0 Å². The van der Waals surface area contributed by atoms with Gasteiger partial charge in [0, 0.05) is 10.9 Å². The van der Waals surface area contributed by atoms with Crippen molar-refractivity contribution in [2.75, 3.05) is 6.54 Å². The Bertz CT molecular complexity index is 507. The Labute approximate surface area is 131 Å². The molecule has 1 aromatic heterocycles. The highest BCUT2D eigenvalue weighted by Gasteiger charge is 2.26. The minimum atomic E-state index is -0.543. The van der Waals surface area contributed by atoms with Crippen LogP contribution < -0.4 is 0 Å². The second-order valence-corrected chi connectivity index (χ2v) is 7.72. The Hall–Kier alpha value is -1.36. The first kappa shape index (κ1) is 17.7. The average Bonchev–Trinajstić information content (AvgIpc) is 2.63. The Balaban J connectivity index is 2.87. The van der Waals surface area contributed by atoms with Gasteiger partial charge in [-0.1, -0.05) is 0 Å². The molecule has 1 heterocycles. The monoisotopic (exact) mass is 311 g/mol. The molecule has 21 heavy (non-hydrogen) atoms. The number of thiophene rings is 1. The van der Waals surface area contributed by atoms with Gasteiger partial charge in [0.1, 0.15) is 12.1 Å². The third-order valence-corrected chi connectivity index (χ3v) is 4.12. The molecule has 0 fully saturated rings. The fraction of sp³-hybridized carbons (Fsp3) is 0.625. The highest BCUT2D eigenvalue weighted by Crippen LogP contribution is 2.23. The maximum absolute atomic E-state index is 12.6. The second-order valence-electron chi connectivity index (χ2n) is 6.46. The summed E-state index contributed by atoms with van der Waals surface area (Å²) in [6.45, 7) is 13.2. The number of amides is 1. The average molecular weight is 311 g/mol. The van der Waals surface area contributed by atoms with E-state index in [4.69, 9.17) is 4.74 Å². The number of hydrogen-bond acceptors (Lipinski definition) is 4. The Kier molecular flexibility index (Phi) is 5.56. The third kappa shape index (κ3) is 5.16. The summed E-state index contributed by atoms with van der Waals surface area (Å²) < 4.78 is 5.30. The predicted octanol–water partition coefficient (Wildman–Crippen LogP) is 3.56. The van der Waals surface area contributed by atoms with Crippen LogP contribution in [0.3, 0.4) is 0 Å².